The molecular weight excluding hydrogens is 190 g/mol. The maximum atomic E-state index is 11.6. The number of amides is 1. The van der Waals surface area contributed by atoms with Crippen LogP contribution in [0.25, 0.3) is 0 Å². The largest absolute Gasteiger partial charge is 0.352 e. The number of carbonyl (C=O) groups excluding carboxylic acids is 1. The summed E-state index contributed by atoms with van der Waals surface area (Å²) in [6, 6.07) is 0.921. The number of hydrogen-bond donors (Lipinski definition) is 3. The highest BCUT2D eigenvalue weighted by molar-refractivity contribution is 5.81. The van der Waals surface area contributed by atoms with Gasteiger partial charge in [0.15, 0.2) is 0 Å². The fourth-order valence-corrected chi connectivity index (χ4v) is 1.98. The highest BCUT2D eigenvalue weighted by Gasteiger charge is 2.22. The van der Waals surface area contributed by atoms with Gasteiger partial charge in [0, 0.05) is 12.1 Å². The van der Waals surface area contributed by atoms with Crippen LogP contribution in [0.15, 0.2) is 0 Å². The van der Waals surface area contributed by atoms with E-state index in [2.05, 4.69) is 16.0 Å². The molecule has 0 aliphatic heterocycles. The predicted octanol–water partition coefficient (Wildman–Crippen LogP) is 0.241. The molecule has 1 aliphatic rings. The van der Waals surface area contributed by atoms with Crippen molar-refractivity contribution < 1.29 is 4.79 Å². The van der Waals surface area contributed by atoms with Gasteiger partial charge in [-0.1, -0.05) is 0 Å². The Kier molecular flexibility index (Phi) is 5.05. The molecule has 0 spiro atoms. The van der Waals surface area contributed by atoms with Crippen molar-refractivity contribution in [2.75, 3.05) is 14.1 Å². The highest BCUT2D eigenvalue weighted by Crippen LogP contribution is 2.18. The molecule has 1 amide bonds. The number of rotatable bonds is 4. The zero-order valence-corrected chi connectivity index (χ0v) is 9.97. The van der Waals surface area contributed by atoms with Gasteiger partial charge in [0.25, 0.3) is 0 Å². The van der Waals surface area contributed by atoms with Gasteiger partial charge in [-0.15, -0.1) is 0 Å². The third-order valence-electron chi connectivity index (χ3n) is 3.31. The highest BCUT2D eigenvalue weighted by atomic mass is 16.2. The van der Waals surface area contributed by atoms with E-state index in [0.717, 1.165) is 25.7 Å². The van der Waals surface area contributed by atoms with Crippen LogP contribution < -0.4 is 16.0 Å². The first-order valence-electron chi connectivity index (χ1n) is 5.82. The normalized spacial score (nSPS) is 28.5. The van der Waals surface area contributed by atoms with Crippen molar-refractivity contribution in [2.45, 2.75) is 50.7 Å². The maximum absolute atomic E-state index is 11.6. The van der Waals surface area contributed by atoms with Crippen molar-refractivity contribution in [3.8, 4) is 0 Å². The molecule has 1 fully saturated rings. The Balaban J connectivity index is 2.26. The number of likely N-dealkylation sites (N-methyl/N-ethyl adjacent to an activating group) is 1. The fraction of sp³-hybridized carbons (Fsp3) is 0.909. The molecule has 1 saturated carbocycles. The summed E-state index contributed by atoms with van der Waals surface area (Å²) in [6.45, 7) is 1.88. The maximum Gasteiger partial charge on any atom is 0.237 e. The second kappa shape index (κ2) is 6.08. The van der Waals surface area contributed by atoms with Gasteiger partial charge in [-0.3, -0.25) is 4.79 Å². The van der Waals surface area contributed by atoms with Crippen LogP contribution in [-0.2, 0) is 4.79 Å². The first-order chi connectivity index (χ1) is 7.17. The van der Waals surface area contributed by atoms with Crippen LogP contribution in [0, 0.1) is 0 Å². The molecule has 0 radical (unpaired) electrons. The smallest absolute Gasteiger partial charge is 0.237 e. The average molecular weight is 213 g/mol. The van der Waals surface area contributed by atoms with Crippen LogP contribution in [0.2, 0.25) is 0 Å². The van der Waals surface area contributed by atoms with E-state index in [1.807, 2.05) is 21.0 Å². The predicted molar refractivity (Wildman–Crippen MR) is 61.8 cm³/mol. The molecule has 0 aromatic carbocycles. The van der Waals surface area contributed by atoms with Gasteiger partial charge in [-0.25, -0.2) is 0 Å². The Hall–Kier alpha value is -0.610. The zero-order chi connectivity index (χ0) is 11.3. The third kappa shape index (κ3) is 3.80. The van der Waals surface area contributed by atoms with Crippen LogP contribution in [0.5, 0.6) is 0 Å². The molecule has 4 heteroatoms. The van der Waals surface area contributed by atoms with Crippen molar-refractivity contribution >= 4 is 5.91 Å². The number of hydrogen-bond acceptors (Lipinski definition) is 3. The lowest BCUT2D eigenvalue weighted by molar-refractivity contribution is -0.123. The summed E-state index contributed by atoms with van der Waals surface area (Å²) in [5.74, 6) is 0.116. The molecule has 0 unspecified atom stereocenters. The SMILES string of the molecule is CNC1CCC(NC(=O)[C@@H](C)NC)CC1. The molecule has 0 aromatic rings. The van der Waals surface area contributed by atoms with E-state index in [1.165, 1.54) is 0 Å². The van der Waals surface area contributed by atoms with E-state index in [4.69, 9.17) is 0 Å². The minimum Gasteiger partial charge on any atom is -0.352 e. The van der Waals surface area contributed by atoms with E-state index in [9.17, 15) is 4.79 Å². The Morgan fingerprint density at radius 3 is 2.13 bits per heavy atom. The lowest BCUT2D eigenvalue weighted by Crippen LogP contribution is -2.47. The molecule has 1 aliphatic carbocycles. The molecule has 3 N–H and O–H groups in total. The number of carbonyl (C=O) groups is 1. The van der Waals surface area contributed by atoms with Crippen molar-refractivity contribution in [1.29, 1.82) is 0 Å². The molecular formula is C11H23N3O. The molecule has 1 atom stereocenters. The van der Waals surface area contributed by atoms with Crippen molar-refractivity contribution in [2.24, 2.45) is 0 Å². The molecule has 15 heavy (non-hydrogen) atoms. The second-order valence-corrected chi connectivity index (χ2v) is 4.36. The Morgan fingerprint density at radius 1 is 1.13 bits per heavy atom. The lowest BCUT2D eigenvalue weighted by atomic mass is 9.91. The van der Waals surface area contributed by atoms with Gasteiger partial charge in [-0.05, 0) is 46.7 Å². The van der Waals surface area contributed by atoms with E-state index in [1.54, 1.807) is 0 Å². The standard InChI is InChI=1S/C11H23N3O/c1-8(12-2)11(15)14-10-6-4-9(13-3)5-7-10/h8-10,12-13H,4-7H2,1-3H3,(H,14,15)/t8-,9?,10?/m1/s1. The summed E-state index contributed by atoms with van der Waals surface area (Å²) in [5, 5.41) is 9.32. The van der Waals surface area contributed by atoms with Gasteiger partial charge in [0.2, 0.25) is 5.91 Å². The minimum atomic E-state index is -0.0907. The molecule has 4 nitrogen and oxygen atoms in total. The fourth-order valence-electron chi connectivity index (χ4n) is 1.98. The Morgan fingerprint density at radius 2 is 1.67 bits per heavy atom. The molecule has 0 bridgehead atoms. The van der Waals surface area contributed by atoms with E-state index in [0.29, 0.717) is 12.1 Å². The zero-order valence-electron chi connectivity index (χ0n) is 9.97. The lowest BCUT2D eigenvalue weighted by Gasteiger charge is -2.29. The van der Waals surface area contributed by atoms with Crippen LogP contribution in [0.4, 0.5) is 0 Å². The summed E-state index contributed by atoms with van der Waals surface area (Å²) in [4.78, 5) is 11.6. The first kappa shape index (κ1) is 12.5. The van der Waals surface area contributed by atoms with E-state index in [-0.39, 0.29) is 11.9 Å². The quantitative estimate of drug-likeness (QED) is 0.627. The Labute approximate surface area is 92.2 Å². The summed E-state index contributed by atoms with van der Waals surface area (Å²) >= 11 is 0. The van der Waals surface area contributed by atoms with Crippen molar-refractivity contribution in [3.63, 3.8) is 0 Å². The van der Waals surface area contributed by atoms with Gasteiger partial charge in [-0.2, -0.15) is 0 Å². The van der Waals surface area contributed by atoms with Crippen molar-refractivity contribution in [1.82, 2.24) is 16.0 Å². The monoisotopic (exact) mass is 213 g/mol. The molecule has 1 rings (SSSR count). The molecule has 0 aromatic heterocycles. The van der Waals surface area contributed by atoms with E-state index >= 15 is 0 Å². The van der Waals surface area contributed by atoms with Crippen LogP contribution in [0.1, 0.15) is 32.6 Å². The summed E-state index contributed by atoms with van der Waals surface area (Å²) < 4.78 is 0. The van der Waals surface area contributed by atoms with Gasteiger partial charge in [0.05, 0.1) is 6.04 Å². The molecule has 0 heterocycles. The van der Waals surface area contributed by atoms with E-state index < -0.39 is 0 Å². The average Bonchev–Trinajstić information content (AvgIpc) is 2.29. The topological polar surface area (TPSA) is 53.2 Å². The third-order valence-corrected chi connectivity index (χ3v) is 3.31. The van der Waals surface area contributed by atoms with Crippen LogP contribution in [-0.4, -0.2) is 38.1 Å². The molecule has 0 saturated heterocycles. The summed E-state index contributed by atoms with van der Waals surface area (Å²) in [6.07, 6.45) is 4.51. The van der Waals surface area contributed by atoms with Gasteiger partial charge < -0.3 is 16.0 Å². The Bertz CT molecular complexity index is 200. The second-order valence-electron chi connectivity index (χ2n) is 4.36. The summed E-state index contributed by atoms with van der Waals surface area (Å²) in [7, 11) is 3.81. The van der Waals surface area contributed by atoms with Crippen molar-refractivity contribution in [3.05, 3.63) is 0 Å². The van der Waals surface area contributed by atoms with Gasteiger partial charge in [0.1, 0.15) is 0 Å². The summed E-state index contributed by atoms with van der Waals surface area (Å²) in [5.41, 5.74) is 0. The first-order valence-corrected chi connectivity index (χ1v) is 5.82. The molecule has 88 valence electrons. The minimum absolute atomic E-state index is 0.0907. The number of nitrogens with one attached hydrogen (secondary N) is 3. The van der Waals surface area contributed by atoms with Crippen LogP contribution >= 0.6 is 0 Å². The van der Waals surface area contributed by atoms with Crippen LogP contribution in [0.3, 0.4) is 0 Å². The van der Waals surface area contributed by atoms with Gasteiger partial charge >= 0.3 is 0 Å².